The molecule has 0 amide bonds. The predicted molar refractivity (Wildman–Crippen MR) is 124 cm³/mol. The molecule has 2 unspecified atom stereocenters. The second-order valence-corrected chi connectivity index (χ2v) is 20.6. The minimum Gasteiger partial charge on any atom is -1.00 e. The summed E-state index contributed by atoms with van der Waals surface area (Å²) in [6.45, 7) is 4.66. The number of hydrogen-bond acceptors (Lipinski definition) is 0. The first-order chi connectivity index (χ1) is 14.6. The van der Waals surface area contributed by atoms with Crippen LogP contribution in [0.2, 0.25) is 13.1 Å². The minimum absolute atomic E-state index is 0. The molecule has 0 radical (unpaired) electrons. The Kier molecular flexibility index (Phi) is 10.6. The van der Waals surface area contributed by atoms with Gasteiger partial charge in [-0.3, -0.25) is 0 Å². The molecule has 4 aliphatic rings. The Bertz CT molecular complexity index is 1060. The van der Waals surface area contributed by atoms with Crippen molar-refractivity contribution in [3.8, 4) is 0 Å². The van der Waals surface area contributed by atoms with Crippen molar-refractivity contribution in [1.82, 2.24) is 0 Å². The largest absolute Gasteiger partial charge is 1.00 e. The number of allylic oxidation sites excluding steroid dienone is 10. The fourth-order valence-electron chi connectivity index (χ4n) is 3.94. The first-order valence-electron chi connectivity index (χ1n) is 10.3. The first kappa shape index (κ1) is 26.8. The fraction of sp³-hybridized carbons (Fsp3) is 0.143. The maximum absolute atomic E-state index is 3.42. The van der Waals surface area contributed by atoms with Gasteiger partial charge < -0.3 is 24.8 Å². The van der Waals surface area contributed by atoms with Gasteiger partial charge in [0.25, 0.3) is 0 Å². The van der Waals surface area contributed by atoms with E-state index in [1.54, 1.807) is 0 Å². The van der Waals surface area contributed by atoms with E-state index in [9.17, 15) is 0 Å². The molecule has 6 rings (SSSR count). The zero-order valence-corrected chi connectivity index (χ0v) is 24.3. The smallest absolute Gasteiger partial charge is 0.0235 e. The van der Waals surface area contributed by atoms with E-state index in [1.165, 1.54) is 56.4 Å². The Morgan fingerprint density at radius 1 is 0.656 bits per heavy atom. The summed E-state index contributed by atoms with van der Waals surface area (Å²) in [4.78, 5) is 0. The van der Waals surface area contributed by atoms with E-state index in [0.717, 1.165) is 0 Å². The second-order valence-electron chi connectivity index (χ2n) is 7.78. The minimum atomic E-state index is 0. The van der Waals surface area contributed by atoms with Crippen LogP contribution < -0.4 is 24.8 Å². The van der Waals surface area contributed by atoms with Crippen molar-refractivity contribution in [1.29, 1.82) is 0 Å². The number of hydrogen-bond donors (Lipinski definition) is 0. The molecule has 0 bridgehead atoms. The third kappa shape index (κ3) is 6.32. The van der Waals surface area contributed by atoms with E-state index in [4.69, 9.17) is 0 Å². The molecule has 0 nitrogen and oxygen atoms in total. The summed E-state index contributed by atoms with van der Waals surface area (Å²) < 4.78 is 0. The van der Waals surface area contributed by atoms with E-state index >= 15 is 0 Å². The zero-order chi connectivity index (χ0) is 20.9. The summed E-state index contributed by atoms with van der Waals surface area (Å²) in [7, 11) is 0. The van der Waals surface area contributed by atoms with E-state index in [1.807, 2.05) is 0 Å². The molecule has 0 saturated carbocycles. The Morgan fingerprint density at radius 2 is 1.03 bits per heavy atom. The molecular weight excluding hydrogens is 614 g/mol. The van der Waals surface area contributed by atoms with Crippen molar-refractivity contribution in [2.24, 2.45) is 0 Å². The molecule has 2 aromatic carbocycles. The van der Waals surface area contributed by atoms with Crippen molar-refractivity contribution >= 4 is 5.49 Å². The molecule has 0 aliphatic heterocycles. The summed E-state index contributed by atoms with van der Waals surface area (Å²) in [5.41, 5.74) is 8.12. The zero-order valence-electron chi connectivity index (χ0n) is 18.1. The van der Waals surface area contributed by atoms with Gasteiger partial charge in [0.05, 0.1) is 0 Å². The molecule has 32 heavy (non-hydrogen) atoms. The molecule has 4 aliphatic carbocycles. The van der Waals surface area contributed by atoms with Crippen LogP contribution in [-0.2, 0) is 23.0 Å². The molecule has 0 fully saturated rings. The SMILES string of the molecule is C[Si](C)=[Hf+2].[C-]1=C2C=CC=CC2c2ccccc21.[C-]1=C2C=CC=CC2c2ccccc21.[Cl-].[Cl-]. The van der Waals surface area contributed by atoms with E-state index < -0.39 is 0 Å². The van der Waals surface area contributed by atoms with E-state index in [0.29, 0.717) is 11.8 Å². The summed E-state index contributed by atoms with van der Waals surface area (Å²) >= 11 is 1.45. The van der Waals surface area contributed by atoms with Gasteiger partial charge in [0, 0.05) is 0 Å². The average Bonchev–Trinajstić information content (AvgIpc) is 3.32. The quantitative estimate of drug-likeness (QED) is 0.296. The van der Waals surface area contributed by atoms with Crippen molar-refractivity contribution < 1.29 is 47.8 Å². The number of rotatable bonds is 0. The van der Waals surface area contributed by atoms with Crippen LogP contribution in [0.1, 0.15) is 34.1 Å². The second kappa shape index (κ2) is 12.7. The Morgan fingerprint density at radius 3 is 1.44 bits per heavy atom. The van der Waals surface area contributed by atoms with Gasteiger partial charge in [0.1, 0.15) is 0 Å². The molecule has 0 N–H and O–H groups in total. The number of fused-ring (bicyclic) bond motifs is 6. The predicted octanol–water partition coefficient (Wildman–Crippen LogP) is 0.767. The molecular formula is C28H24Cl2HfSi-2. The Hall–Kier alpha value is -1.45. The van der Waals surface area contributed by atoms with Gasteiger partial charge in [0.15, 0.2) is 0 Å². The molecule has 2 atom stereocenters. The topological polar surface area (TPSA) is 0 Å². The van der Waals surface area contributed by atoms with Crippen LogP contribution in [0.5, 0.6) is 0 Å². The normalized spacial score (nSPS) is 19.1. The van der Waals surface area contributed by atoms with Gasteiger partial charge in [-0.1, -0.05) is 36.4 Å². The van der Waals surface area contributed by atoms with Crippen LogP contribution in [0.25, 0.3) is 0 Å². The van der Waals surface area contributed by atoms with Crippen LogP contribution in [0.3, 0.4) is 0 Å². The average molecular weight is 638 g/mol. The van der Waals surface area contributed by atoms with Gasteiger partial charge in [-0.05, 0) is 11.8 Å². The maximum Gasteiger partial charge on any atom is -0.0235 e. The maximum atomic E-state index is 3.42. The summed E-state index contributed by atoms with van der Waals surface area (Å²) in [6, 6.07) is 16.9. The monoisotopic (exact) mass is 638 g/mol. The molecule has 0 aromatic heterocycles. The standard InChI is InChI=1S/2C13H9.C2H6Si.2ClH.Hf/c2*1-3-7-12-10(5-1)9-11-6-2-4-8-13(11)12;1-3-2;;;/h2*1-8,12H;1-2H3;2*1H;/q2*-1;;;;+2/p-2. The van der Waals surface area contributed by atoms with Crippen LogP contribution in [-0.4, -0.2) is 5.49 Å². The third-order valence-electron chi connectivity index (χ3n) is 5.20. The summed E-state index contributed by atoms with van der Waals surface area (Å²) in [6.07, 6.45) is 23.9. The van der Waals surface area contributed by atoms with Gasteiger partial charge in [-0.2, -0.15) is 0 Å². The van der Waals surface area contributed by atoms with Crippen LogP contribution in [0, 0.1) is 12.2 Å². The van der Waals surface area contributed by atoms with Gasteiger partial charge in [0.2, 0.25) is 0 Å². The van der Waals surface area contributed by atoms with Gasteiger partial charge in [-0.25, -0.2) is 0 Å². The van der Waals surface area contributed by atoms with Crippen LogP contribution in [0.15, 0.2) is 108 Å². The van der Waals surface area contributed by atoms with E-state index in [2.05, 4.69) is 122 Å². The number of halogens is 2. The molecule has 2 aromatic rings. The van der Waals surface area contributed by atoms with Gasteiger partial charge >= 0.3 is 41.6 Å². The van der Waals surface area contributed by atoms with Crippen molar-refractivity contribution in [2.45, 2.75) is 24.9 Å². The van der Waals surface area contributed by atoms with Crippen LogP contribution >= 0.6 is 0 Å². The van der Waals surface area contributed by atoms with Crippen molar-refractivity contribution in [3.05, 3.63) is 143 Å². The number of benzene rings is 2. The Balaban J connectivity index is 0.000000185. The van der Waals surface area contributed by atoms with Crippen molar-refractivity contribution in [3.63, 3.8) is 0 Å². The molecule has 160 valence electrons. The van der Waals surface area contributed by atoms with Crippen molar-refractivity contribution in [2.75, 3.05) is 0 Å². The third-order valence-corrected chi connectivity index (χ3v) is 5.20. The summed E-state index contributed by atoms with van der Waals surface area (Å²) in [5, 5.41) is 0. The molecule has 4 heteroatoms. The first-order valence-corrected chi connectivity index (χ1v) is 18.2. The van der Waals surface area contributed by atoms with Gasteiger partial charge in [-0.15, -0.1) is 106 Å². The Labute approximate surface area is 219 Å². The molecule has 0 saturated heterocycles. The van der Waals surface area contributed by atoms with E-state index in [-0.39, 0.29) is 30.3 Å². The fourth-order valence-corrected chi connectivity index (χ4v) is 3.94. The molecule has 0 heterocycles. The molecule has 0 spiro atoms. The summed E-state index contributed by atoms with van der Waals surface area (Å²) in [5.74, 6) is 0.919. The van der Waals surface area contributed by atoms with Crippen LogP contribution in [0.4, 0.5) is 0 Å².